The number of nitrogens with one attached hydrogen (secondary N) is 2. The molecule has 138 valence electrons. The third-order valence-corrected chi connectivity index (χ3v) is 4.48. The highest BCUT2D eigenvalue weighted by molar-refractivity contribution is 5.93. The minimum atomic E-state index is -0.469. The lowest BCUT2D eigenvalue weighted by atomic mass is 10.1. The first kappa shape index (κ1) is 16.3. The highest BCUT2D eigenvalue weighted by Crippen LogP contribution is 2.29. The lowest BCUT2D eigenvalue weighted by Gasteiger charge is -2.06. The maximum absolute atomic E-state index is 14.5. The number of aliphatic hydroxyl groups excluding tert-OH is 1. The summed E-state index contributed by atoms with van der Waals surface area (Å²) in [5.41, 5.74) is 3.51. The minimum absolute atomic E-state index is 0.174. The third kappa shape index (κ3) is 2.65. The van der Waals surface area contributed by atoms with E-state index < -0.39 is 5.82 Å². The Balaban J connectivity index is 1.57. The first-order valence-corrected chi connectivity index (χ1v) is 8.51. The number of aromatic amines is 1. The fraction of sp³-hybridized carbons (Fsp3) is 0.0526. The average molecular weight is 375 g/mol. The summed E-state index contributed by atoms with van der Waals surface area (Å²) in [6.45, 7) is -0.231. The maximum atomic E-state index is 14.5. The molecule has 0 saturated carbocycles. The van der Waals surface area contributed by atoms with Crippen LogP contribution in [0.1, 0.15) is 5.69 Å². The summed E-state index contributed by atoms with van der Waals surface area (Å²) in [6.07, 6.45) is 9.98. The van der Waals surface area contributed by atoms with E-state index in [1.54, 1.807) is 35.4 Å². The predicted octanol–water partition coefficient (Wildman–Crippen LogP) is 3.04. The Bertz CT molecular complexity index is 1300. The van der Waals surface area contributed by atoms with Gasteiger partial charge in [-0.05, 0) is 18.2 Å². The molecule has 0 bridgehead atoms. The molecule has 0 aliphatic carbocycles. The first-order valence-electron chi connectivity index (χ1n) is 8.51. The number of hydrogen-bond donors (Lipinski definition) is 3. The zero-order valence-corrected chi connectivity index (χ0v) is 14.5. The van der Waals surface area contributed by atoms with E-state index in [9.17, 15) is 9.50 Å². The van der Waals surface area contributed by atoms with Gasteiger partial charge in [-0.15, -0.1) is 0 Å². The predicted molar refractivity (Wildman–Crippen MR) is 101 cm³/mol. The largest absolute Gasteiger partial charge is 0.390 e. The van der Waals surface area contributed by atoms with Crippen LogP contribution in [0.5, 0.6) is 0 Å². The second-order valence-electron chi connectivity index (χ2n) is 6.20. The molecule has 0 radical (unpaired) electrons. The average Bonchev–Trinajstić information content (AvgIpc) is 3.32. The smallest absolute Gasteiger partial charge is 0.229 e. The van der Waals surface area contributed by atoms with Crippen LogP contribution in [0.4, 0.5) is 16.0 Å². The number of H-pyrrole nitrogens is 1. The molecular weight excluding hydrogens is 361 g/mol. The molecule has 9 heteroatoms. The highest BCUT2D eigenvalue weighted by atomic mass is 19.1. The van der Waals surface area contributed by atoms with Crippen molar-refractivity contribution in [2.24, 2.45) is 0 Å². The summed E-state index contributed by atoms with van der Waals surface area (Å²) >= 11 is 0. The van der Waals surface area contributed by atoms with Crippen LogP contribution in [-0.2, 0) is 6.61 Å². The van der Waals surface area contributed by atoms with Crippen molar-refractivity contribution in [3.05, 3.63) is 66.9 Å². The number of halogens is 1. The van der Waals surface area contributed by atoms with Gasteiger partial charge in [0.25, 0.3) is 0 Å². The lowest BCUT2D eigenvalue weighted by Crippen LogP contribution is -1.97. The van der Waals surface area contributed by atoms with Crippen molar-refractivity contribution in [2.45, 2.75) is 6.61 Å². The molecule has 5 aromatic heterocycles. The van der Waals surface area contributed by atoms with Crippen LogP contribution in [0.25, 0.3) is 27.8 Å². The molecule has 5 rings (SSSR count). The summed E-state index contributed by atoms with van der Waals surface area (Å²) in [5, 5.41) is 13.3. The summed E-state index contributed by atoms with van der Waals surface area (Å²) in [5.74, 6) is -0.0330. The zero-order chi connectivity index (χ0) is 19.1. The van der Waals surface area contributed by atoms with Crippen molar-refractivity contribution < 1.29 is 9.50 Å². The van der Waals surface area contributed by atoms with Crippen molar-refractivity contribution in [2.75, 3.05) is 5.32 Å². The van der Waals surface area contributed by atoms with Gasteiger partial charge in [0.05, 0.1) is 18.5 Å². The van der Waals surface area contributed by atoms with E-state index in [1.807, 2.05) is 12.1 Å². The molecule has 5 heterocycles. The van der Waals surface area contributed by atoms with Gasteiger partial charge in [0.1, 0.15) is 5.65 Å². The number of imidazole rings is 1. The van der Waals surface area contributed by atoms with Crippen molar-refractivity contribution in [3.8, 4) is 11.1 Å². The van der Waals surface area contributed by atoms with Gasteiger partial charge >= 0.3 is 0 Å². The van der Waals surface area contributed by atoms with Gasteiger partial charge in [0.2, 0.25) is 5.95 Å². The Morgan fingerprint density at radius 2 is 2.04 bits per heavy atom. The summed E-state index contributed by atoms with van der Waals surface area (Å²) in [6, 6.07) is 5.04. The van der Waals surface area contributed by atoms with Crippen LogP contribution in [0.3, 0.4) is 0 Å². The van der Waals surface area contributed by atoms with Gasteiger partial charge in [0, 0.05) is 53.2 Å². The number of aromatic nitrogens is 6. The first-order chi connectivity index (χ1) is 13.7. The van der Waals surface area contributed by atoms with Crippen molar-refractivity contribution in [1.82, 2.24) is 29.3 Å². The molecule has 28 heavy (non-hydrogen) atoms. The van der Waals surface area contributed by atoms with Crippen LogP contribution in [0.15, 0.2) is 55.4 Å². The van der Waals surface area contributed by atoms with Crippen LogP contribution >= 0.6 is 0 Å². The van der Waals surface area contributed by atoms with Gasteiger partial charge in [-0.2, -0.15) is 4.98 Å². The summed E-state index contributed by atoms with van der Waals surface area (Å²) in [4.78, 5) is 19.9. The van der Waals surface area contributed by atoms with E-state index in [1.165, 1.54) is 12.3 Å². The maximum Gasteiger partial charge on any atom is 0.229 e. The van der Waals surface area contributed by atoms with E-state index in [0.717, 1.165) is 16.6 Å². The third-order valence-electron chi connectivity index (χ3n) is 4.48. The Morgan fingerprint density at radius 3 is 2.86 bits per heavy atom. The molecule has 0 spiro atoms. The van der Waals surface area contributed by atoms with Crippen molar-refractivity contribution in [1.29, 1.82) is 0 Å². The fourth-order valence-electron chi connectivity index (χ4n) is 3.13. The number of rotatable bonds is 4. The van der Waals surface area contributed by atoms with E-state index in [0.29, 0.717) is 22.9 Å². The normalized spacial score (nSPS) is 11.4. The second-order valence-corrected chi connectivity index (χ2v) is 6.20. The van der Waals surface area contributed by atoms with Crippen LogP contribution in [0, 0.1) is 5.82 Å². The van der Waals surface area contributed by atoms with Crippen molar-refractivity contribution in [3.63, 3.8) is 0 Å². The Morgan fingerprint density at radius 1 is 1.18 bits per heavy atom. The molecule has 0 fully saturated rings. The second kappa shape index (κ2) is 6.39. The molecular formula is C19H14FN7O. The molecule has 0 aliphatic heterocycles. The topological polar surface area (TPSA) is 104 Å². The highest BCUT2D eigenvalue weighted by Gasteiger charge is 2.14. The van der Waals surface area contributed by atoms with Crippen molar-refractivity contribution >= 4 is 28.3 Å². The molecule has 8 nitrogen and oxygen atoms in total. The van der Waals surface area contributed by atoms with E-state index in [2.05, 4.69) is 30.2 Å². The SMILES string of the molecule is OCc1cnc2c(F)cc(-c3c[nH]c4nc(Nc5ccncc5)ncc34)cn12. The van der Waals surface area contributed by atoms with Gasteiger partial charge in [-0.25, -0.2) is 14.4 Å². The van der Waals surface area contributed by atoms with E-state index in [4.69, 9.17) is 0 Å². The minimum Gasteiger partial charge on any atom is -0.390 e. The Kier molecular flexibility index (Phi) is 3.73. The number of nitrogens with zero attached hydrogens (tertiary/aromatic N) is 5. The van der Waals surface area contributed by atoms with E-state index in [-0.39, 0.29) is 12.3 Å². The number of anilines is 2. The Hall–Kier alpha value is -3.85. The van der Waals surface area contributed by atoms with Crippen LogP contribution in [-0.4, -0.2) is 34.4 Å². The van der Waals surface area contributed by atoms with Crippen LogP contribution in [0.2, 0.25) is 0 Å². The quantitative estimate of drug-likeness (QED) is 0.446. The van der Waals surface area contributed by atoms with Crippen LogP contribution < -0.4 is 5.32 Å². The summed E-state index contributed by atoms with van der Waals surface area (Å²) in [7, 11) is 0. The number of aliphatic hydroxyl groups is 1. The molecule has 0 saturated heterocycles. The lowest BCUT2D eigenvalue weighted by molar-refractivity contribution is 0.276. The molecule has 0 amide bonds. The van der Waals surface area contributed by atoms with Gasteiger partial charge in [0.15, 0.2) is 11.5 Å². The number of fused-ring (bicyclic) bond motifs is 2. The number of pyridine rings is 2. The Labute approximate surface area is 157 Å². The molecule has 0 aliphatic rings. The fourth-order valence-corrected chi connectivity index (χ4v) is 3.13. The molecule has 5 aromatic rings. The number of hydrogen-bond acceptors (Lipinski definition) is 6. The zero-order valence-electron chi connectivity index (χ0n) is 14.5. The molecule has 3 N–H and O–H groups in total. The standard InChI is InChI=1S/C19H14FN7O/c20-16-5-11(9-27-13(10-28)6-23-18(16)27)14-7-22-17-15(14)8-24-19(26-17)25-12-1-3-21-4-2-12/h1-9,28H,10H2,(H2,21,22,24,25,26). The van der Waals surface area contributed by atoms with E-state index >= 15 is 0 Å². The molecule has 0 aromatic carbocycles. The van der Waals surface area contributed by atoms with Gasteiger partial charge in [-0.3, -0.25) is 9.38 Å². The van der Waals surface area contributed by atoms with Gasteiger partial charge < -0.3 is 15.4 Å². The van der Waals surface area contributed by atoms with Gasteiger partial charge in [-0.1, -0.05) is 0 Å². The molecule has 0 unspecified atom stereocenters. The molecule has 0 atom stereocenters. The summed E-state index contributed by atoms with van der Waals surface area (Å²) < 4.78 is 16.0. The monoisotopic (exact) mass is 375 g/mol.